The highest BCUT2D eigenvalue weighted by Gasteiger charge is 2.41. The molecule has 0 saturated carbocycles. The molecular weight excluding hydrogens is 618 g/mol. The SMILES string of the molecule is O=C(O)N1CC(OCc2cc(F)ccc2F)C(c2ccc(OCCCOCc3ccccc3)cc2)C(OCc2cc(F)ccc2F)C1. The first-order valence-corrected chi connectivity index (χ1v) is 15.2. The van der Waals surface area contributed by atoms with E-state index < -0.39 is 47.5 Å². The maximum atomic E-state index is 14.4. The summed E-state index contributed by atoms with van der Waals surface area (Å²) in [4.78, 5) is 13.2. The number of benzene rings is 4. The molecule has 1 aliphatic heterocycles. The molecule has 47 heavy (non-hydrogen) atoms. The number of hydrogen-bond donors (Lipinski definition) is 1. The third-order valence-corrected chi connectivity index (χ3v) is 7.87. The Hall–Kier alpha value is -4.45. The van der Waals surface area contributed by atoms with Crippen LogP contribution >= 0.6 is 0 Å². The Kier molecular flexibility index (Phi) is 11.8. The van der Waals surface area contributed by atoms with E-state index in [1.807, 2.05) is 30.3 Å². The van der Waals surface area contributed by atoms with Gasteiger partial charge in [0.2, 0.25) is 0 Å². The molecule has 4 aromatic rings. The number of likely N-dealkylation sites (tertiary alicyclic amines) is 1. The fourth-order valence-corrected chi connectivity index (χ4v) is 5.48. The fourth-order valence-electron chi connectivity index (χ4n) is 5.48. The van der Waals surface area contributed by atoms with Gasteiger partial charge in [-0.2, -0.15) is 0 Å². The predicted octanol–water partition coefficient (Wildman–Crippen LogP) is 7.48. The normalized spacial score (nSPS) is 17.9. The summed E-state index contributed by atoms with van der Waals surface area (Å²) < 4.78 is 80.3. The van der Waals surface area contributed by atoms with Crippen LogP contribution in [0.4, 0.5) is 22.4 Å². The van der Waals surface area contributed by atoms with Crippen LogP contribution in [0.2, 0.25) is 0 Å². The van der Waals surface area contributed by atoms with E-state index in [4.69, 9.17) is 18.9 Å². The molecular formula is C36H35F4NO6. The third kappa shape index (κ3) is 9.54. The van der Waals surface area contributed by atoms with Gasteiger partial charge in [-0.05, 0) is 59.7 Å². The average molecular weight is 654 g/mol. The fraction of sp³-hybridized carbons (Fsp3) is 0.306. The van der Waals surface area contributed by atoms with E-state index in [0.717, 1.165) is 46.9 Å². The summed E-state index contributed by atoms with van der Waals surface area (Å²) >= 11 is 0. The van der Waals surface area contributed by atoms with Crippen molar-refractivity contribution in [2.45, 2.75) is 44.4 Å². The van der Waals surface area contributed by atoms with E-state index in [-0.39, 0.29) is 37.4 Å². The number of rotatable bonds is 14. The number of piperidine rings is 1. The van der Waals surface area contributed by atoms with Crippen molar-refractivity contribution in [2.24, 2.45) is 0 Å². The number of carboxylic acid groups (broad SMARTS) is 1. The van der Waals surface area contributed by atoms with E-state index in [0.29, 0.717) is 37.6 Å². The van der Waals surface area contributed by atoms with Gasteiger partial charge in [-0.3, -0.25) is 0 Å². The van der Waals surface area contributed by atoms with Gasteiger partial charge in [-0.15, -0.1) is 0 Å². The molecule has 0 aliphatic carbocycles. The smallest absolute Gasteiger partial charge is 0.407 e. The van der Waals surface area contributed by atoms with Crippen LogP contribution in [-0.2, 0) is 34.0 Å². The van der Waals surface area contributed by atoms with Gasteiger partial charge in [0, 0.05) is 23.5 Å². The second kappa shape index (κ2) is 16.4. The third-order valence-electron chi connectivity index (χ3n) is 7.87. The topological polar surface area (TPSA) is 77.5 Å². The predicted molar refractivity (Wildman–Crippen MR) is 165 cm³/mol. The molecule has 1 amide bonds. The lowest BCUT2D eigenvalue weighted by molar-refractivity contribution is -0.0944. The van der Waals surface area contributed by atoms with Crippen molar-refractivity contribution in [3.8, 4) is 5.75 Å². The molecule has 1 saturated heterocycles. The zero-order valence-electron chi connectivity index (χ0n) is 25.5. The van der Waals surface area contributed by atoms with Crippen LogP contribution in [0.25, 0.3) is 0 Å². The van der Waals surface area contributed by atoms with E-state index >= 15 is 0 Å². The van der Waals surface area contributed by atoms with E-state index in [1.54, 1.807) is 24.3 Å². The van der Waals surface area contributed by atoms with Gasteiger partial charge in [0.25, 0.3) is 0 Å². The van der Waals surface area contributed by atoms with E-state index in [2.05, 4.69) is 0 Å². The number of amides is 1. The molecule has 2 atom stereocenters. The molecule has 0 bridgehead atoms. The summed E-state index contributed by atoms with van der Waals surface area (Å²) in [7, 11) is 0. The zero-order chi connectivity index (χ0) is 33.2. The van der Waals surface area contributed by atoms with Crippen LogP contribution < -0.4 is 4.74 Å². The summed E-state index contributed by atoms with van der Waals surface area (Å²) in [6.07, 6.45) is -2.30. The van der Waals surface area contributed by atoms with Gasteiger partial charge in [-0.1, -0.05) is 42.5 Å². The number of carbonyl (C=O) groups is 1. The number of hydrogen-bond acceptors (Lipinski definition) is 5. The van der Waals surface area contributed by atoms with Crippen molar-refractivity contribution in [3.05, 3.63) is 137 Å². The molecule has 1 aliphatic rings. The van der Waals surface area contributed by atoms with Crippen molar-refractivity contribution in [1.82, 2.24) is 4.90 Å². The van der Waals surface area contributed by atoms with Crippen LogP contribution in [0.1, 0.15) is 34.6 Å². The standard InChI is InChI=1S/C36H35F4NO6/c37-28-9-13-31(39)26(17-28)22-46-33-19-41(36(42)43)20-34(47-23-27-18-29(38)10-14-32(27)40)35(33)25-7-11-30(12-8-25)45-16-4-15-44-21-24-5-2-1-3-6-24/h1-3,5-14,17-18,33-35H,4,15-16,19-23H2,(H,42,43). The van der Waals surface area contributed by atoms with Crippen LogP contribution in [0.15, 0.2) is 91.0 Å². The highest BCUT2D eigenvalue weighted by molar-refractivity contribution is 5.65. The van der Waals surface area contributed by atoms with Crippen LogP contribution in [-0.4, -0.2) is 54.6 Å². The molecule has 1 fully saturated rings. The maximum absolute atomic E-state index is 14.4. The maximum Gasteiger partial charge on any atom is 0.407 e. The van der Waals surface area contributed by atoms with Crippen molar-refractivity contribution in [3.63, 3.8) is 0 Å². The van der Waals surface area contributed by atoms with E-state index in [1.165, 1.54) is 0 Å². The Labute approximate surface area is 270 Å². The minimum absolute atomic E-state index is 0.0352. The van der Waals surface area contributed by atoms with Crippen molar-refractivity contribution in [1.29, 1.82) is 0 Å². The Balaban J connectivity index is 1.30. The molecule has 1 heterocycles. The summed E-state index contributed by atoms with van der Waals surface area (Å²) in [5.74, 6) is -2.65. The first-order chi connectivity index (χ1) is 22.8. The minimum atomic E-state index is -1.24. The highest BCUT2D eigenvalue weighted by Crippen LogP contribution is 2.35. The lowest BCUT2D eigenvalue weighted by atomic mass is 9.84. The highest BCUT2D eigenvalue weighted by atomic mass is 19.1. The van der Waals surface area contributed by atoms with Crippen LogP contribution in [0.5, 0.6) is 5.75 Å². The largest absolute Gasteiger partial charge is 0.494 e. The van der Waals surface area contributed by atoms with Gasteiger partial charge < -0.3 is 29.0 Å². The van der Waals surface area contributed by atoms with Gasteiger partial charge in [-0.25, -0.2) is 22.4 Å². The van der Waals surface area contributed by atoms with Crippen LogP contribution in [0, 0.1) is 23.3 Å². The number of nitrogens with zero attached hydrogens (tertiary/aromatic N) is 1. The molecule has 7 nitrogen and oxygen atoms in total. The molecule has 2 unspecified atom stereocenters. The lowest BCUT2D eigenvalue weighted by Gasteiger charge is -2.42. The number of ether oxygens (including phenoxy) is 4. The minimum Gasteiger partial charge on any atom is -0.494 e. The summed E-state index contributed by atoms with van der Waals surface area (Å²) in [5, 5.41) is 9.86. The molecule has 5 rings (SSSR count). The molecule has 1 N–H and O–H groups in total. The van der Waals surface area contributed by atoms with Crippen LogP contribution in [0.3, 0.4) is 0 Å². The van der Waals surface area contributed by atoms with Gasteiger partial charge in [0.15, 0.2) is 0 Å². The number of halogens is 4. The first kappa shape index (κ1) is 33.9. The second-order valence-electron chi connectivity index (χ2n) is 11.2. The Morgan fingerprint density at radius 2 is 1.30 bits per heavy atom. The summed E-state index contributed by atoms with van der Waals surface area (Å²) in [6, 6.07) is 22.9. The van der Waals surface area contributed by atoms with Gasteiger partial charge in [0.05, 0.1) is 58.3 Å². The Bertz CT molecular complexity index is 1540. The average Bonchev–Trinajstić information content (AvgIpc) is 3.07. The summed E-state index contributed by atoms with van der Waals surface area (Å²) in [6.45, 7) is 0.596. The summed E-state index contributed by atoms with van der Waals surface area (Å²) in [5.41, 5.74) is 1.71. The Morgan fingerprint density at radius 3 is 1.85 bits per heavy atom. The molecule has 0 spiro atoms. The molecule has 4 aromatic carbocycles. The van der Waals surface area contributed by atoms with Crippen molar-refractivity contribution >= 4 is 6.09 Å². The monoisotopic (exact) mass is 653 g/mol. The van der Waals surface area contributed by atoms with Crippen molar-refractivity contribution < 1.29 is 46.4 Å². The zero-order valence-corrected chi connectivity index (χ0v) is 25.5. The van der Waals surface area contributed by atoms with Crippen molar-refractivity contribution in [2.75, 3.05) is 26.3 Å². The molecule has 11 heteroatoms. The van der Waals surface area contributed by atoms with Gasteiger partial charge >= 0.3 is 6.09 Å². The molecule has 248 valence electrons. The Morgan fingerprint density at radius 1 is 0.723 bits per heavy atom. The molecule has 0 aromatic heterocycles. The second-order valence-corrected chi connectivity index (χ2v) is 11.2. The first-order valence-electron chi connectivity index (χ1n) is 15.2. The van der Waals surface area contributed by atoms with Gasteiger partial charge in [0.1, 0.15) is 29.0 Å². The quantitative estimate of drug-likeness (QED) is 0.112. The van der Waals surface area contributed by atoms with E-state index in [9.17, 15) is 27.5 Å². The lowest BCUT2D eigenvalue weighted by Crippen LogP contribution is -2.54. The molecule has 0 radical (unpaired) electrons.